The molecule has 0 radical (unpaired) electrons. The number of esters is 1. The van der Waals surface area contributed by atoms with Crippen LogP contribution >= 0.6 is 0 Å². The molecule has 9 nitrogen and oxygen atoms in total. The van der Waals surface area contributed by atoms with Gasteiger partial charge in [0.2, 0.25) is 11.8 Å². The number of hydrogen-bond donors (Lipinski definition) is 2. The van der Waals surface area contributed by atoms with Crippen LogP contribution in [0.1, 0.15) is 18.9 Å². The SMILES string of the molecule is CCOc1ccc(NC(=O)CC(=O)NN=Cc2cccc(OCC(=O)OC)c2)cc1. The van der Waals surface area contributed by atoms with E-state index < -0.39 is 17.8 Å². The Morgan fingerprint density at radius 3 is 2.47 bits per heavy atom. The molecular weight excluding hydrogens is 390 g/mol. The first-order valence-electron chi connectivity index (χ1n) is 9.14. The van der Waals surface area contributed by atoms with Gasteiger partial charge in [-0.05, 0) is 48.9 Å². The number of hydrogen-bond acceptors (Lipinski definition) is 7. The smallest absolute Gasteiger partial charge is 0.343 e. The van der Waals surface area contributed by atoms with E-state index >= 15 is 0 Å². The van der Waals surface area contributed by atoms with Gasteiger partial charge in [0.1, 0.15) is 17.9 Å². The zero-order chi connectivity index (χ0) is 21.8. The number of carbonyl (C=O) groups excluding carboxylic acids is 3. The number of amides is 2. The predicted octanol–water partition coefficient (Wildman–Crippen LogP) is 2.12. The van der Waals surface area contributed by atoms with Crippen molar-refractivity contribution < 1.29 is 28.6 Å². The average Bonchev–Trinajstić information content (AvgIpc) is 2.74. The van der Waals surface area contributed by atoms with E-state index in [0.717, 1.165) is 0 Å². The van der Waals surface area contributed by atoms with Gasteiger partial charge in [-0.2, -0.15) is 5.10 Å². The van der Waals surface area contributed by atoms with Crippen molar-refractivity contribution in [3.05, 3.63) is 54.1 Å². The Hall–Kier alpha value is -3.88. The summed E-state index contributed by atoms with van der Waals surface area (Å²) >= 11 is 0. The van der Waals surface area contributed by atoms with E-state index in [1.165, 1.54) is 13.3 Å². The Morgan fingerprint density at radius 2 is 1.77 bits per heavy atom. The van der Waals surface area contributed by atoms with Crippen LogP contribution in [-0.2, 0) is 19.1 Å². The molecule has 0 aliphatic heterocycles. The first-order chi connectivity index (χ1) is 14.5. The maximum atomic E-state index is 12.0. The molecule has 0 aliphatic carbocycles. The molecule has 2 N–H and O–H groups in total. The number of methoxy groups -OCH3 is 1. The Bertz CT molecular complexity index is 896. The number of carbonyl (C=O) groups is 3. The van der Waals surface area contributed by atoms with Gasteiger partial charge < -0.3 is 19.5 Å². The van der Waals surface area contributed by atoms with Crippen molar-refractivity contribution in [3.63, 3.8) is 0 Å². The molecule has 0 aromatic heterocycles. The van der Waals surface area contributed by atoms with Gasteiger partial charge in [-0.1, -0.05) is 12.1 Å². The van der Waals surface area contributed by atoms with Crippen molar-refractivity contribution >= 4 is 29.7 Å². The van der Waals surface area contributed by atoms with Gasteiger partial charge in [0, 0.05) is 5.69 Å². The summed E-state index contributed by atoms with van der Waals surface area (Å²) in [5.41, 5.74) is 3.48. The fourth-order valence-corrected chi connectivity index (χ4v) is 2.26. The van der Waals surface area contributed by atoms with E-state index in [-0.39, 0.29) is 13.0 Å². The molecule has 0 spiro atoms. The number of benzene rings is 2. The Morgan fingerprint density at radius 1 is 1.00 bits per heavy atom. The lowest BCUT2D eigenvalue weighted by atomic mass is 10.2. The molecule has 0 saturated heterocycles. The molecule has 0 aliphatic rings. The molecule has 0 heterocycles. The lowest BCUT2D eigenvalue weighted by Gasteiger charge is -2.07. The molecule has 0 saturated carbocycles. The number of hydrazone groups is 1. The van der Waals surface area contributed by atoms with Gasteiger partial charge in [0.15, 0.2) is 6.61 Å². The second-order valence-corrected chi connectivity index (χ2v) is 5.91. The third-order valence-corrected chi connectivity index (χ3v) is 3.62. The number of ether oxygens (including phenoxy) is 3. The predicted molar refractivity (Wildman–Crippen MR) is 111 cm³/mol. The number of anilines is 1. The molecule has 0 bridgehead atoms. The summed E-state index contributed by atoms with van der Waals surface area (Å²) in [5, 5.41) is 6.44. The molecule has 2 rings (SSSR count). The van der Waals surface area contributed by atoms with E-state index in [1.54, 1.807) is 48.5 Å². The summed E-state index contributed by atoms with van der Waals surface area (Å²) in [6.07, 6.45) is 1.01. The third-order valence-electron chi connectivity index (χ3n) is 3.62. The normalized spacial score (nSPS) is 10.3. The molecule has 2 amide bonds. The summed E-state index contributed by atoms with van der Waals surface area (Å²) in [6, 6.07) is 13.6. The van der Waals surface area contributed by atoms with E-state index in [2.05, 4.69) is 20.6 Å². The second kappa shape index (κ2) is 11.8. The van der Waals surface area contributed by atoms with Crippen LogP contribution in [-0.4, -0.2) is 44.3 Å². The molecule has 2 aromatic rings. The van der Waals surface area contributed by atoms with Crippen LogP contribution in [0.3, 0.4) is 0 Å². The van der Waals surface area contributed by atoms with Crippen molar-refractivity contribution in [2.45, 2.75) is 13.3 Å². The Labute approximate surface area is 174 Å². The summed E-state index contributed by atoms with van der Waals surface area (Å²) in [7, 11) is 1.27. The van der Waals surface area contributed by atoms with Crippen LogP contribution in [0.15, 0.2) is 53.6 Å². The molecule has 2 aromatic carbocycles. The van der Waals surface area contributed by atoms with Crippen LogP contribution in [0.4, 0.5) is 5.69 Å². The van der Waals surface area contributed by atoms with Crippen molar-refractivity contribution in [1.82, 2.24) is 5.43 Å². The zero-order valence-corrected chi connectivity index (χ0v) is 16.7. The van der Waals surface area contributed by atoms with E-state index in [0.29, 0.717) is 29.4 Å². The highest BCUT2D eigenvalue weighted by molar-refractivity contribution is 6.03. The molecular formula is C21H23N3O6. The maximum absolute atomic E-state index is 12.0. The first-order valence-corrected chi connectivity index (χ1v) is 9.14. The van der Waals surface area contributed by atoms with Gasteiger partial charge in [-0.25, -0.2) is 10.2 Å². The third kappa shape index (κ3) is 8.01. The number of nitrogens with zero attached hydrogens (tertiary/aromatic N) is 1. The fourth-order valence-electron chi connectivity index (χ4n) is 2.26. The van der Waals surface area contributed by atoms with Crippen LogP contribution in [0.25, 0.3) is 0 Å². The van der Waals surface area contributed by atoms with Gasteiger partial charge in [-0.15, -0.1) is 0 Å². The number of nitrogens with one attached hydrogen (secondary N) is 2. The highest BCUT2D eigenvalue weighted by atomic mass is 16.6. The maximum Gasteiger partial charge on any atom is 0.343 e. The van der Waals surface area contributed by atoms with E-state index in [4.69, 9.17) is 9.47 Å². The monoisotopic (exact) mass is 413 g/mol. The van der Waals surface area contributed by atoms with E-state index in [9.17, 15) is 14.4 Å². The van der Waals surface area contributed by atoms with Gasteiger partial charge in [0.25, 0.3) is 0 Å². The highest BCUT2D eigenvalue weighted by Crippen LogP contribution is 2.15. The first kappa shape index (κ1) is 22.4. The van der Waals surface area contributed by atoms with E-state index in [1.807, 2.05) is 6.92 Å². The highest BCUT2D eigenvalue weighted by Gasteiger charge is 2.09. The fraction of sp³-hybridized carbons (Fsp3) is 0.238. The number of rotatable bonds is 10. The van der Waals surface area contributed by atoms with Crippen LogP contribution < -0.4 is 20.2 Å². The summed E-state index contributed by atoms with van der Waals surface area (Å²) in [4.78, 5) is 34.9. The topological polar surface area (TPSA) is 115 Å². The van der Waals surface area contributed by atoms with Crippen LogP contribution in [0.2, 0.25) is 0 Å². The zero-order valence-electron chi connectivity index (χ0n) is 16.7. The molecule has 30 heavy (non-hydrogen) atoms. The molecule has 0 atom stereocenters. The van der Waals surface area contributed by atoms with Gasteiger partial charge >= 0.3 is 5.97 Å². The van der Waals surface area contributed by atoms with Crippen molar-refractivity contribution in [1.29, 1.82) is 0 Å². The van der Waals surface area contributed by atoms with Crippen molar-refractivity contribution in [2.24, 2.45) is 5.10 Å². The minimum Gasteiger partial charge on any atom is -0.494 e. The van der Waals surface area contributed by atoms with Crippen LogP contribution in [0.5, 0.6) is 11.5 Å². The van der Waals surface area contributed by atoms with Crippen LogP contribution in [0, 0.1) is 0 Å². The molecule has 158 valence electrons. The standard InChI is InChI=1S/C21H23N3O6/c1-3-29-17-9-7-16(8-10-17)23-19(25)12-20(26)24-22-13-15-5-4-6-18(11-15)30-14-21(27)28-2/h4-11,13H,3,12,14H2,1-2H3,(H,23,25)(H,24,26). The second-order valence-electron chi connectivity index (χ2n) is 5.91. The summed E-state index contributed by atoms with van der Waals surface area (Å²) in [6.45, 7) is 2.22. The van der Waals surface area contributed by atoms with Gasteiger partial charge in [0.05, 0.1) is 19.9 Å². The summed E-state index contributed by atoms with van der Waals surface area (Å²) < 4.78 is 15.1. The minimum absolute atomic E-state index is 0.211. The Kier molecular flexibility index (Phi) is 8.85. The minimum atomic E-state index is -0.562. The lowest BCUT2D eigenvalue weighted by molar-refractivity contribution is -0.143. The lowest BCUT2D eigenvalue weighted by Crippen LogP contribution is -2.24. The average molecular weight is 413 g/mol. The van der Waals surface area contributed by atoms with Crippen molar-refractivity contribution in [2.75, 3.05) is 25.6 Å². The Balaban J connectivity index is 1.78. The molecule has 0 fully saturated rings. The quantitative estimate of drug-likeness (QED) is 0.267. The molecule has 9 heteroatoms. The summed E-state index contributed by atoms with van der Waals surface area (Å²) in [5.74, 6) is -0.379. The molecule has 0 unspecified atom stereocenters. The van der Waals surface area contributed by atoms with Crippen molar-refractivity contribution in [3.8, 4) is 11.5 Å². The largest absolute Gasteiger partial charge is 0.494 e. The van der Waals surface area contributed by atoms with Gasteiger partial charge in [-0.3, -0.25) is 9.59 Å².